The van der Waals surface area contributed by atoms with E-state index in [1.54, 1.807) is 0 Å². The van der Waals surface area contributed by atoms with Gasteiger partial charge in [-0.15, -0.1) is 12.0 Å². The van der Waals surface area contributed by atoms with Crippen molar-refractivity contribution < 1.29 is 0 Å². The Labute approximate surface area is 90.7 Å². The fourth-order valence-electron chi connectivity index (χ4n) is 2.14. The van der Waals surface area contributed by atoms with Gasteiger partial charge in [-0.05, 0) is 12.5 Å². The fourth-order valence-corrected chi connectivity index (χ4v) is 2.14. The van der Waals surface area contributed by atoms with E-state index in [4.69, 9.17) is 5.26 Å². The number of hydrogen-bond acceptors (Lipinski definition) is 2. The third-order valence-electron chi connectivity index (χ3n) is 2.99. The van der Waals surface area contributed by atoms with Crippen LogP contribution in [0.5, 0.6) is 0 Å². The first-order chi connectivity index (χ1) is 7.35. The highest BCUT2D eigenvalue weighted by Crippen LogP contribution is 2.22. The van der Waals surface area contributed by atoms with Gasteiger partial charge < -0.3 is 5.23 Å². The predicted octanol–water partition coefficient (Wildman–Crippen LogP) is 1.78. The van der Waals surface area contributed by atoms with Crippen LogP contribution in [0.25, 0.3) is 5.47 Å². The van der Waals surface area contributed by atoms with Gasteiger partial charge in [-0.1, -0.05) is 42.8 Å². The van der Waals surface area contributed by atoms with Gasteiger partial charge in [0.1, 0.15) is 0 Å². The van der Waals surface area contributed by atoms with Gasteiger partial charge in [-0.2, -0.15) is 5.47 Å². The van der Waals surface area contributed by atoms with Crippen LogP contribution in [-0.2, 0) is 0 Å². The maximum Gasteiger partial charge on any atom is 0.178 e. The molecule has 76 valence electrons. The number of nitrogens with zero attached hydrogens (tertiary/aromatic N) is 1. The van der Waals surface area contributed by atoms with E-state index in [1.807, 2.05) is 18.2 Å². The van der Waals surface area contributed by atoms with E-state index in [0.717, 1.165) is 6.42 Å². The smallest absolute Gasteiger partial charge is 0.178 e. The minimum absolute atomic E-state index is 0.375. The van der Waals surface area contributed by atoms with Gasteiger partial charge in [0.25, 0.3) is 0 Å². The summed E-state index contributed by atoms with van der Waals surface area (Å²) < 4.78 is 0. The molecule has 0 saturated carbocycles. The van der Waals surface area contributed by atoms with E-state index in [-0.39, 0.29) is 0 Å². The lowest BCUT2D eigenvalue weighted by molar-refractivity contribution is 0.730. The van der Waals surface area contributed by atoms with Crippen molar-refractivity contribution >= 4 is 12.3 Å². The van der Waals surface area contributed by atoms with Crippen molar-refractivity contribution in [1.82, 2.24) is 5.23 Å². The van der Waals surface area contributed by atoms with Gasteiger partial charge in [0, 0.05) is 0 Å². The van der Waals surface area contributed by atoms with Crippen LogP contribution in [0, 0.1) is 11.2 Å². The van der Waals surface area contributed by atoms with E-state index in [9.17, 15) is 0 Å². The van der Waals surface area contributed by atoms with E-state index < -0.39 is 6.85 Å². The van der Waals surface area contributed by atoms with Crippen LogP contribution < -0.4 is 5.23 Å². The van der Waals surface area contributed by atoms with E-state index in [1.165, 1.54) is 11.0 Å². The molecule has 1 aliphatic rings. The van der Waals surface area contributed by atoms with Crippen molar-refractivity contribution in [3.63, 3.8) is 0 Å². The summed E-state index contributed by atoms with van der Waals surface area (Å²) in [6.45, 7) is 1.14. The Bertz CT molecular complexity index is 405. The molecular weight excluding hydrogens is 183 g/mol. The zero-order chi connectivity index (χ0) is 10.7. The second-order valence-electron chi connectivity index (χ2n) is 3.97. The lowest BCUT2D eigenvalue weighted by Gasteiger charge is -2.16. The molecule has 1 aromatic rings. The molecule has 1 heterocycles. The fraction of sp³-hybridized carbons (Fsp3) is 0.250. The van der Waals surface area contributed by atoms with Crippen LogP contribution in [0.4, 0.5) is 0 Å². The number of rotatable bonds is 2. The predicted molar refractivity (Wildman–Crippen MR) is 64.4 cm³/mol. The average Bonchev–Trinajstić information content (AvgIpc) is 2.73. The highest BCUT2D eigenvalue weighted by atomic mass is 14.8. The topological polar surface area (TPSA) is 35.8 Å². The summed E-state index contributed by atoms with van der Waals surface area (Å²) in [4.78, 5) is 0. The quantitative estimate of drug-likeness (QED) is 0.733. The standard InChI is InChI=1S/C12H14BN2/c1-2-11-8-12(13(9-14)15-11)10-6-4-3-5-7-10/h3-8,11,13,15H,2H2,1H3/q-1. The van der Waals surface area contributed by atoms with Crippen molar-refractivity contribution in [3.05, 3.63) is 42.0 Å². The van der Waals surface area contributed by atoms with E-state index in [2.05, 4.69) is 36.3 Å². The molecular formula is C12H14BN2-. The first-order valence-corrected chi connectivity index (χ1v) is 5.47. The van der Waals surface area contributed by atoms with Crippen molar-refractivity contribution in [3.8, 4) is 5.97 Å². The van der Waals surface area contributed by atoms with Crippen LogP contribution >= 0.6 is 0 Å². The summed E-state index contributed by atoms with van der Waals surface area (Å²) in [7, 11) is 0. The SMILES string of the molecule is CCC1C=C(c2ccccc2)[BH-](C#N)N1. The third kappa shape index (κ3) is 1.95. The van der Waals surface area contributed by atoms with Gasteiger partial charge in [0.15, 0.2) is 6.85 Å². The molecule has 2 unspecified atom stereocenters. The van der Waals surface area contributed by atoms with Crippen LogP contribution in [0.1, 0.15) is 18.9 Å². The van der Waals surface area contributed by atoms with E-state index in [0.29, 0.717) is 6.04 Å². The number of nitrogens with one attached hydrogen (secondary N) is 1. The molecule has 0 saturated heterocycles. The molecule has 0 fully saturated rings. The van der Waals surface area contributed by atoms with Gasteiger partial charge in [0.05, 0.1) is 0 Å². The summed E-state index contributed by atoms with van der Waals surface area (Å²) >= 11 is 0. The van der Waals surface area contributed by atoms with Gasteiger partial charge in [-0.3, -0.25) is 0 Å². The zero-order valence-corrected chi connectivity index (χ0v) is 8.90. The molecule has 15 heavy (non-hydrogen) atoms. The highest BCUT2D eigenvalue weighted by molar-refractivity contribution is 6.84. The normalized spacial score (nSPS) is 24.7. The lowest BCUT2D eigenvalue weighted by Crippen LogP contribution is -2.34. The molecule has 1 aliphatic heterocycles. The summed E-state index contributed by atoms with van der Waals surface area (Å²) in [5.74, 6) is 2.38. The largest absolute Gasteiger partial charge is 0.469 e. The average molecular weight is 197 g/mol. The lowest BCUT2D eigenvalue weighted by atomic mass is 9.57. The minimum Gasteiger partial charge on any atom is -0.469 e. The Hall–Kier alpha value is -1.53. The van der Waals surface area contributed by atoms with Gasteiger partial charge in [-0.25, -0.2) is 5.26 Å². The second kappa shape index (κ2) is 4.33. The summed E-state index contributed by atoms with van der Waals surface area (Å²) in [5.41, 5.74) is 2.38. The molecule has 0 spiro atoms. The molecule has 1 N–H and O–H groups in total. The number of nitriles is 1. The van der Waals surface area contributed by atoms with Crippen LogP contribution in [-0.4, -0.2) is 12.9 Å². The molecule has 0 aromatic heterocycles. The number of benzene rings is 1. The zero-order valence-electron chi connectivity index (χ0n) is 8.90. The molecule has 2 rings (SSSR count). The molecule has 0 aliphatic carbocycles. The molecule has 1 aromatic carbocycles. The summed E-state index contributed by atoms with van der Waals surface area (Å²) in [6, 6.07) is 10.6. The highest BCUT2D eigenvalue weighted by Gasteiger charge is 2.18. The van der Waals surface area contributed by atoms with Crippen molar-refractivity contribution in [2.45, 2.75) is 19.4 Å². The third-order valence-corrected chi connectivity index (χ3v) is 2.99. The first kappa shape index (κ1) is 10.0. The van der Waals surface area contributed by atoms with Crippen molar-refractivity contribution in [2.24, 2.45) is 0 Å². The molecule has 0 radical (unpaired) electrons. The molecule has 0 bridgehead atoms. The maximum absolute atomic E-state index is 9.09. The van der Waals surface area contributed by atoms with Crippen LogP contribution in [0.15, 0.2) is 36.4 Å². The molecule has 2 atom stereocenters. The molecule has 2 nitrogen and oxygen atoms in total. The Morgan fingerprint density at radius 1 is 1.40 bits per heavy atom. The summed E-state index contributed by atoms with van der Waals surface area (Å²) in [6.07, 6.45) is 3.25. The molecule has 0 amide bonds. The van der Waals surface area contributed by atoms with Crippen molar-refractivity contribution in [1.29, 1.82) is 5.26 Å². The maximum atomic E-state index is 9.09. The Balaban J connectivity index is 2.32. The van der Waals surface area contributed by atoms with Gasteiger partial charge in [0.2, 0.25) is 0 Å². The van der Waals surface area contributed by atoms with Gasteiger partial charge >= 0.3 is 0 Å². The Morgan fingerprint density at radius 2 is 2.13 bits per heavy atom. The Morgan fingerprint density at radius 3 is 2.73 bits per heavy atom. The number of hydrogen-bond donors (Lipinski definition) is 1. The molecule has 3 heteroatoms. The second-order valence-corrected chi connectivity index (χ2v) is 3.97. The first-order valence-electron chi connectivity index (χ1n) is 5.47. The Kier molecular flexibility index (Phi) is 2.89. The van der Waals surface area contributed by atoms with Crippen LogP contribution in [0.2, 0.25) is 0 Å². The monoisotopic (exact) mass is 197 g/mol. The summed E-state index contributed by atoms with van der Waals surface area (Å²) in [5, 5.41) is 12.5. The van der Waals surface area contributed by atoms with E-state index >= 15 is 0 Å². The minimum atomic E-state index is -0.998. The van der Waals surface area contributed by atoms with Crippen LogP contribution in [0.3, 0.4) is 0 Å². The van der Waals surface area contributed by atoms with Crippen molar-refractivity contribution in [2.75, 3.05) is 0 Å².